The number of thiophene rings is 1. The molecule has 0 aliphatic heterocycles. The van der Waals surface area contributed by atoms with Crippen LogP contribution in [0.3, 0.4) is 0 Å². The van der Waals surface area contributed by atoms with E-state index in [1.165, 1.54) is 11.3 Å². The maximum Gasteiger partial charge on any atom is 0.228 e. The molecule has 0 spiro atoms. The van der Waals surface area contributed by atoms with Gasteiger partial charge in [-0.05, 0) is 61.8 Å². The molecule has 2 unspecified atom stereocenters. The molecule has 5 rings (SSSR count). The number of aliphatic hydroxyl groups is 1. The van der Waals surface area contributed by atoms with Crippen LogP contribution in [0.25, 0.3) is 0 Å². The molecule has 1 heterocycles. The number of hydrogen-bond acceptors (Lipinski definition) is 3. The van der Waals surface area contributed by atoms with Crippen molar-refractivity contribution >= 4 is 17.2 Å². The molecule has 0 saturated heterocycles. The lowest BCUT2D eigenvalue weighted by Crippen LogP contribution is -2.60. The minimum atomic E-state index is -0.552. The molecule has 2 atom stereocenters. The molecule has 1 N–H and O–H groups in total. The van der Waals surface area contributed by atoms with Crippen molar-refractivity contribution in [2.75, 3.05) is 7.05 Å². The molecule has 4 bridgehead atoms. The zero-order valence-electron chi connectivity index (χ0n) is 12.5. The van der Waals surface area contributed by atoms with Crippen LogP contribution in [-0.2, 0) is 11.3 Å². The Morgan fingerprint density at radius 1 is 1.38 bits per heavy atom. The SMILES string of the molecule is CN(Cc1cccs1)C(=O)C12CC3CC(CC(O)(C3)C1)C2. The molecule has 4 fully saturated rings. The molecule has 21 heavy (non-hydrogen) atoms. The Hall–Kier alpha value is -0.870. The second kappa shape index (κ2) is 4.56. The summed E-state index contributed by atoms with van der Waals surface area (Å²) in [5.41, 5.74) is -0.825. The summed E-state index contributed by atoms with van der Waals surface area (Å²) in [5, 5.41) is 12.8. The molecule has 0 radical (unpaired) electrons. The third-order valence-corrected chi connectivity index (χ3v) is 6.66. The van der Waals surface area contributed by atoms with Crippen LogP contribution in [0, 0.1) is 17.3 Å². The molecule has 4 saturated carbocycles. The van der Waals surface area contributed by atoms with E-state index in [1.807, 2.05) is 18.0 Å². The fourth-order valence-electron chi connectivity index (χ4n) is 5.58. The van der Waals surface area contributed by atoms with Crippen molar-refractivity contribution in [3.8, 4) is 0 Å². The average Bonchev–Trinajstić information content (AvgIpc) is 2.87. The maximum atomic E-state index is 13.1. The van der Waals surface area contributed by atoms with Gasteiger partial charge in [0.05, 0.1) is 17.6 Å². The summed E-state index contributed by atoms with van der Waals surface area (Å²) < 4.78 is 0. The van der Waals surface area contributed by atoms with Gasteiger partial charge in [-0.1, -0.05) is 6.07 Å². The van der Waals surface area contributed by atoms with Crippen LogP contribution in [0.4, 0.5) is 0 Å². The first kappa shape index (κ1) is 13.8. The van der Waals surface area contributed by atoms with Gasteiger partial charge in [0.25, 0.3) is 0 Å². The Bertz CT molecular complexity index is 539. The first-order valence-corrected chi connectivity index (χ1v) is 8.86. The molecule has 1 aromatic heterocycles. The smallest absolute Gasteiger partial charge is 0.228 e. The van der Waals surface area contributed by atoms with E-state index < -0.39 is 5.60 Å². The first-order valence-electron chi connectivity index (χ1n) is 7.98. The van der Waals surface area contributed by atoms with Crippen molar-refractivity contribution < 1.29 is 9.90 Å². The zero-order chi connectivity index (χ0) is 14.7. The molecule has 0 aromatic carbocycles. The number of amides is 1. The zero-order valence-corrected chi connectivity index (χ0v) is 13.4. The summed E-state index contributed by atoms with van der Waals surface area (Å²) in [6.07, 6.45) is 5.77. The quantitative estimate of drug-likeness (QED) is 0.932. The lowest BCUT2D eigenvalue weighted by atomic mass is 9.47. The number of hydrogen-bond donors (Lipinski definition) is 1. The van der Waals surface area contributed by atoms with Crippen LogP contribution < -0.4 is 0 Å². The second-order valence-corrected chi connectivity index (χ2v) is 8.74. The van der Waals surface area contributed by atoms with Crippen molar-refractivity contribution in [3.63, 3.8) is 0 Å². The summed E-state index contributed by atoms with van der Waals surface area (Å²) >= 11 is 1.70. The molecular formula is C17H23NO2S. The highest BCUT2D eigenvalue weighted by molar-refractivity contribution is 7.09. The van der Waals surface area contributed by atoms with Gasteiger partial charge in [-0.2, -0.15) is 0 Å². The van der Waals surface area contributed by atoms with Crippen molar-refractivity contribution in [2.24, 2.45) is 17.3 Å². The van der Waals surface area contributed by atoms with E-state index in [0.717, 1.165) is 25.7 Å². The Kier molecular flexibility index (Phi) is 2.99. The second-order valence-electron chi connectivity index (χ2n) is 7.71. The third-order valence-electron chi connectivity index (χ3n) is 5.80. The van der Waals surface area contributed by atoms with Gasteiger partial charge in [-0.3, -0.25) is 4.79 Å². The van der Waals surface area contributed by atoms with Gasteiger partial charge < -0.3 is 10.0 Å². The number of carbonyl (C=O) groups is 1. The van der Waals surface area contributed by atoms with Crippen molar-refractivity contribution in [1.82, 2.24) is 4.90 Å². The van der Waals surface area contributed by atoms with E-state index in [1.54, 1.807) is 11.3 Å². The van der Waals surface area contributed by atoms with Crippen molar-refractivity contribution in [1.29, 1.82) is 0 Å². The molecule has 3 nitrogen and oxygen atoms in total. The number of nitrogens with zero attached hydrogens (tertiary/aromatic N) is 1. The standard InChI is InChI=1S/C17H23NO2S/c1-18(10-14-3-2-4-21-14)15(19)16-6-12-5-13(7-16)9-17(20,8-12)11-16/h2-4,12-13,20H,5-11H2,1H3. The van der Waals surface area contributed by atoms with Gasteiger partial charge in [-0.15, -0.1) is 11.3 Å². The number of carbonyl (C=O) groups excluding carboxylic acids is 1. The third kappa shape index (κ3) is 2.23. The highest BCUT2D eigenvalue weighted by Crippen LogP contribution is 2.62. The monoisotopic (exact) mass is 305 g/mol. The first-order chi connectivity index (χ1) is 9.98. The lowest BCUT2D eigenvalue weighted by Gasteiger charge is -2.59. The molecule has 4 aliphatic carbocycles. The summed E-state index contributed by atoms with van der Waals surface area (Å²) in [5.74, 6) is 1.40. The van der Waals surface area contributed by atoms with Crippen LogP contribution >= 0.6 is 11.3 Å². The Labute approximate surface area is 130 Å². The molecular weight excluding hydrogens is 282 g/mol. The largest absolute Gasteiger partial charge is 0.390 e. The number of rotatable bonds is 3. The van der Waals surface area contributed by atoms with E-state index in [-0.39, 0.29) is 11.3 Å². The van der Waals surface area contributed by atoms with Gasteiger partial charge in [0, 0.05) is 11.9 Å². The van der Waals surface area contributed by atoms with Crippen LogP contribution in [0.5, 0.6) is 0 Å². The molecule has 1 amide bonds. The predicted octanol–water partition coefficient (Wildman–Crippen LogP) is 3.04. The summed E-state index contributed by atoms with van der Waals surface area (Å²) in [6.45, 7) is 0.700. The van der Waals surface area contributed by atoms with Crippen LogP contribution in [0.2, 0.25) is 0 Å². The van der Waals surface area contributed by atoms with E-state index in [2.05, 4.69) is 11.4 Å². The fraction of sp³-hybridized carbons (Fsp3) is 0.706. The van der Waals surface area contributed by atoms with Gasteiger partial charge >= 0.3 is 0 Å². The normalized spacial score (nSPS) is 40.5. The predicted molar refractivity (Wildman–Crippen MR) is 82.9 cm³/mol. The summed E-state index contributed by atoms with van der Waals surface area (Å²) in [4.78, 5) is 16.2. The van der Waals surface area contributed by atoms with Crippen molar-refractivity contribution in [3.05, 3.63) is 22.4 Å². The summed E-state index contributed by atoms with van der Waals surface area (Å²) in [7, 11) is 1.92. The van der Waals surface area contributed by atoms with Gasteiger partial charge in [0.1, 0.15) is 0 Å². The van der Waals surface area contributed by atoms with Crippen LogP contribution in [0.1, 0.15) is 43.4 Å². The van der Waals surface area contributed by atoms with Crippen LogP contribution in [-0.4, -0.2) is 28.6 Å². The minimum Gasteiger partial charge on any atom is -0.390 e. The topological polar surface area (TPSA) is 40.5 Å². The highest BCUT2D eigenvalue weighted by atomic mass is 32.1. The average molecular weight is 305 g/mol. The molecule has 4 heteroatoms. The van der Waals surface area contributed by atoms with Gasteiger partial charge in [0.2, 0.25) is 5.91 Å². The van der Waals surface area contributed by atoms with Gasteiger partial charge in [0.15, 0.2) is 0 Å². The van der Waals surface area contributed by atoms with Crippen LogP contribution in [0.15, 0.2) is 17.5 Å². The van der Waals surface area contributed by atoms with Gasteiger partial charge in [-0.25, -0.2) is 0 Å². The van der Waals surface area contributed by atoms with E-state index in [4.69, 9.17) is 0 Å². The molecule has 114 valence electrons. The minimum absolute atomic E-state index is 0.267. The molecule has 1 aromatic rings. The molecule has 4 aliphatic rings. The highest BCUT2D eigenvalue weighted by Gasteiger charge is 2.60. The van der Waals surface area contributed by atoms with Crippen molar-refractivity contribution in [2.45, 2.75) is 50.7 Å². The Morgan fingerprint density at radius 3 is 2.67 bits per heavy atom. The fourth-order valence-corrected chi connectivity index (χ4v) is 6.33. The lowest BCUT2D eigenvalue weighted by molar-refractivity contribution is -0.185. The Morgan fingerprint density at radius 2 is 2.10 bits per heavy atom. The van der Waals surface area contributed by atoms with E-state index in [9.17, 15) is 9.90 Å². The Balaban J connectivity index is 1.56. The van der Waals surface area contributed by atoms with E-state index >= 15 is 0 Å². The van der Waals surface area contributed by atoms with E-state index in [0.29, 0.717) is 24.8 Å². The maximum absolute atomic E-state index is 13.1. The summed E-state index contributed by atoms with van der Waals surface area (Å²) in [6, 6.07) is 4.12.